The molecule has 0 aliphatic rings. The highest BCUT2D eigenvalue weighted by atomic mass is 16.5. The molecule has 6 heteroatoms. The number of aromatic hydroxyl groups is 2. The Kier molecular flexibility index (Phi) is 10.00. The zero-order valence-electron chi connectivity index (χ0n) is 14.6. The second kappa shape index (κ2) is 11.8. The van der Waals surface area contributed by atoms with Crippen LogP contribution in [0.5, 0.6) is 11.7 Å². The molecule has 0 atom stereocenters. The van der Waals surface area contributed by atoms with E-state index in [0.717, 1.165) is 19.3 Å². The van der Waals surface area contributed by atoms with E-state index in [2.05, 4.69) is 11.3 Å². The van der Waals surface area contributed by atoms with Crippen LogP contribution >= 0.6 is 0 Å². The van der Waals surface area contributed by atoms with Gasteiger partial charge in [-0.3, -0.25) is 0 Å². The van der Waals surface area contributed by atoms with Gasteiger partial charge in [0.2, 0.25) is 0 Å². The van der Waals surface area contributed by atoms with Gasteiger partial charge in [-0.15, -0.1) is 0 Å². The van der Waals surface area contributed by atoms with Crippen molar-refractivity contribution in [3.63, 3.8) is 0 Å². The lowest BCUT2D eigenvalue weighted by atomic mass is 10.1. The monoisotopic (exact) mass is 342 g/mol. The Balaban J connectivity index is 2.09. The lowest BCUT2D eigenvalue weighted by Gasteiger charge is -2.04. The molecule has 1 aromatic rings. The lowest BCUT2D eigenvalue weighted by Crippen LogP contribution is -2.06. The fourth-order valence-corrected chi connectivity index (χ4v) is 2.57. The van der Waals surface area contributed by atoms with Crippen molar-refractivity contribution in [3.05, 3.63) is 11.3 Å². The third kappa shape index (κ3) is 6.83. The maximum atomic E-state index is 11.8. The van der Waals surface area contributed by atoms with Crippen LogP contribution < -0.4 is 0 Å². The molecule has 0 saturated heterocycles. The molecule has 1 heterocycles. The number of esters is 1. The van der Waals surface area contributed by atoms with Crippen LogP contribution in [0, 0.1) is 0 Å². The minimum Gasteiger partial charge on any atom is -0.504 e. The number of hydrogen-bond acceptors (Lipinski definition) is 6. The number of aliphatic hydroxyl groups is 1. The first kappa shape index (κ1) is 20.4. The molecule has 6 nitrogen and oxygen atoms in total. The summed E-state index contributed by atoms with van der Waals surface area (Å²) in [4.78, 5) is 11.8. The second-order valence-corrected chi connectivity index (χ2v) is 6.03. The highest BCUT2D eigenvalue weighted by Gasteiger charge is 2.26. The average molecular weight is 342 g/mol. The summed E-state index contributed by atoms with van der Waals surface area (Å²) in [5.41, 5.74) is -0.425. The molecule has 0 amide bonds. The molecule has 1 aromatic heterocycles. The summed E-state index contributed by atoms with van der Waals surface area (Å²) >= 11 is 0. The molecule has 0 bridgehead atoms. The van der Waals surface area contributed by atoms with Gasteiger partial charge in [-0.2, -0.15) is 0 Å². The molecule has 24 heavy (non-hydrogen) atoms. The number of hydrogen-bond donors (Lipinski definition) is 3. The van der Waals surface area contributed by atoms with Gasteiger partial charge in [0.25, 0.3) is 0 Å². The molecule has 138 valence electrons. The summed E-state index contributed by atoms with van der Waals surface area (Å²) in [6.45, 7) is 1.84. The minimum absolute atomic E-state index is 0.230. The van der Waals surface area contributed by atoms with Crippen LogP contribution in [-0.2, 0) is 11.3 Å². The summed E-state index contributed by atoms with van der Waals surface area (Å²) in [7, 11) is 0. The van der Waals surface area contributed by atoms with Crippen LogP contribution in [0.25, 0.3) is 0 Å². The third-order valence-electron chi connectivity index (χ3n) is 4.01. The Morgan fingerprint density at radius 3 is 2.00 bits per heavy atom. The van der Waals surface area contributed by atoms with E-state index < -0.39 is 29.8 Å². The van der Waals surface area contributed by atoms with Gasteiger partial charge in [0, 0.05) is 0 Å². The third-order valence-corrected chi connectivity index (χ3v) is 4.01. The molecule has 0 radical (unpaired) electrons. The van der Waals surface area contributed by atoms with Crippen LogP contribution in [0.1, 0.15) is 87.3 Å². The van der Waals surface area contributed by atoms with Crippen molar-refractivity contribution in [1.29, 1.82) is 0 Å². The Morgan fingerprint density at radius 1 is 0.958 bits per heavy atom. The first-order valence-corrected chi connectivity index (χ1v) is 8.93. The van der Waals surface area contributed by atoms with Crippen molar-refractivity contribution in [3.8, 4) is 11.7 Å². The molecule has 0 spiro atoms. The van der Waals surface area contributed by atoms with Crippen molar-refractivity contribution < 1.29 is 29.3 Å². The molecule has 0 fully saturated rings. The van der Waals surface area contributed by atoms with E-state index in [-0.39, 0.29) is 12.4 Å². The van der Waals surface area contributed by atoms with Crippen molar-refractivity contribution >= 4 is 5.97 Å². The maximum absolute atomic E-state index is 11.8. The first-order chi connectivity index (χ1) is 11.6. The molecule has 1 rings (SSSR count). The van der Waals surface area contributed by atoms with E-state index in [4.69, 9.17) is 9.84 Å². The number of furan rings is 1. The molecule has 3 N–H and O–H groups in total. The van der Waals surface area contributed by atoms with E-state index in [9.17, 15) is 15.0 Å². The van der Waals surface area contributed by atoms with Crippen molar-refractivity contribution in [2.75, 3.05) is 6.61 Å². The van der Waals surface area contributed by atoms with Gasteiger partial charge in [-0.25, -0.2) is 4.79 Å². The summed E-state index contributed by atoms with van der Waals surface area (Å²) in [5.74, 6) is -2.39. The predicted octanol–water partition coefficient (Wildman–Crippen LogP) is 4.26. The first-order valence-electron chi connectivity index (χ1n) is 8.93. The molecule has 0 aliphatic heterocycles. The van der Waals surface area contributed by atoms with Crippen LogP contribution in [0.3, 0.4) is 0 Å². The standard InChI is InChI=1S/C18H30O6/c1-2-3-4-5-6-7-8-9-10-11-12-23-17(21)15-16(20)14(13-19)24-18(15)22/h19-20,22H,2-13H2,1H3. The largest absolute Gasteiger partial charge is 0.504 e. The molecule has 0 aliphatic carbocycles. The second-order valence-electron chi connectivity index (χ2n) is 6.03. The molecular weight excluding hydrogens is 312 g/mol. The number of unbranched alkanes of at least 4 members (excludes halogenated alkanes) is 9. The van der Waals surface area contributed by atoms with Crippen LogP contribution in [0.4, 0.5) is 0 Å². The smallest absolute Gasteiger partial charge is 0.349 e. The Labute approximate surface area is 143 Å². The SMILES string of the molecule is CCCCCCCCCCCCOC(=O)c1c(O)oc(CO)c1O. The Morgan fingerprint density at radius 2 is 1.50 bits per heavy atom. The van der Waals surface area contributed by atoms with Gasteiger partial charge in [0.15, 0.2) is 17.1 Å². The number of carbonyl (C=O) groups excluding carboxylic acids is 1. The van der Waals surface area contributed by atoms with Crippen LogP contribution in [-0.4, -0.2) is 27.9 Å². The Bertz CT molecular complexity index is 480. The molecule has 0 aromatic carbocycles. The zero-order chi connectivity index (χ0) is 17.8. The molecule has 0 unspecified atom stereocenters. The van der Waals surface area contributed by atoms with Gasteiger partial charge < -0.3 is 24.5 Å². The van der Waals surface area contributed by atoms with E-state index in [1.165, 1.54) is 44.9 Å². The van der Waals surface area contributed by atoms with E-state index in [1.54, 1.807) is 0 Å². The Hall–Kier alpha value is -1.69. The quantitative estimate of drug-likeness (QED) is 0.366. The van der Waals surface area contributed by atoms with Gasteiger partial charge in [0.05, 0.1) is 6.61 Å². The van der Waals surface area contributed by atoms with Crippen molar-refractivity contribution in [2.45, 2.75) is 77.7 Å². The maximum Gasteiger partial charge on any atom is 0.349 e. The number of carbonyl (C=O) groups is 1. The number of rotatable bonds is 13. The van der Waals surface area contributed by atoms with Gasteiger partial charge in [-0.1, -0.05) is 64.7 Å². The number of ether oxygens (including phenoxy) is 1. The van der Waals surface area contributed by atoms with E-state index in [1.807, 2.05) is 0 Å². The molecular formula is C18H30O6. The number of aliphatic hydroxyl groups excluding tert-OH is 1. The highest BCUT2D eigenvalue weighted by molar-refractivity contribution is 5.95. The highest BCUT2D eigenvalue weighted by Crippen LogP contribution is 2.34. The van der Waals surface area contributed by atoms with Gasteiger partial charge >= 0.3 is 11.9 Å². The van der Waals surface area contributed by atoms with Crippen molar-refractivity contribution in [1.82, 2.24) is 0 Å². The topological polar surface area (TPSA) is 100 Å². The normalized spacial score (nSPS) is 10.9. The van der Waals surface area contributed by atoms with Gasteiger partial charge in [-0.05, 0) is 6.42 Å². The van der Waals surface area contributed by atoms with E-state index >= 15 is 0 Å². The van der Waals surface area contributed by atoms with Gasteiger partial charge in [0.1, 0.15) is 6.61 Å². The van der Waals surface area contributed by atoms with E-state index in [0.29, 0.717) is 0 Å². The van der Waals surface area contributed by atoms with Crippen molar-refractivity contribution in [2.24, 2.45) is 0 Å². The lowest BCUT2D eigenvalue weighted by molar-refractivity contribution is 0.0489. The summed E-state index contributed by atoms with van der Waals surface area (Å²) in [6, 6.07) is 0. The average Bonchev–Trinajstić information content (AvgIpc) is 2.86. The predicted molar refractivity (Wildman–Crippen MR) is 90.1 cm³/mol. The summed E-state index contributed by atoms with van der Waals surface area (Å²) in [6.07, 6.45) is 11.8. The van der Waals surface area contributed by atoms with Crippen LogP contribution in [0.15, 0.2) is 4.42 Å². The summed E-state index contributed by atoms with van der Waals surface area (Å²) in [5, 5.41) is 28.0. The van der Waals surface area contributed by atoms with Crippen LogP contribution in [0.2, 0.25) is 0 Å². The fourth-order valence-electron chi connectivity index (χ4n) is 2.57. The zero-order valence-corrected chi connectivity index (χ0v) is 14.6. The minimum atomic E-state index is -0.843. The fraction of sp³-hybridized carbons (Fsp3) is 0.722. The summed E-state index contributed by atoms with van der Waals surface area (Å²) < 4.78 is 9.70. The molecule has 0 saturated carbocycles.